The number of ether oxygens (including phenoxy) is 1. The molecule has 11 heteroatoms. The quantitative estimate of drug-likeness (QED) is 0.279. The fourth-order valence-electron chi connectivity index (χ4n) is 7.73. The number of fused-ring (bicyclic) bond motifs is 2. The van der Waals surface area contributed by atoms with Crippen molar-refractivity contribution in [1.29, 1.82) is 0 Å². The van der Waals surface area contributed by atoms with E-state index in [1.54, 1.807) is 11.8 Å². The first-order chi connectivity index (χ1) is 22.0. The number of anilines is 5. The molecule has 0 aliphatic carbocycles. The molecular formula is C34H40FN9O. The van der Waals surface area contributed by atoms with Crippen molar-refractivity contribution in [3.63, 3.8) is 0 Å². The molecule has 0 spiro atoms. The molecule has 0 radical (unpaired) electrons. The van der Waals surface area contributed by atoms with Crippen LogP contribution in [0.25, 0.3) is 16.9 Å². The summed E-state index contributed by atoms with van der Waals surface area (Å²) in [6, 6.07) is 16.0. The number of benzene rings is 2. The molecular weight excluding hydrogens is 569 g/mol. The van der Waals surface area contributed by atoms with E-state index in [9.17, 15) is 0 Å². The molecule has 5 aliphatic heterocycles. The van der Waals surface area contributed by atoms with Gasteiger partial charge in [0.2, 0.25) is 11.9 Å². The lowest BCUT2D eigenvalue weighted by Gasteiger charge is -2.42. The second kappa shape index (κ2) is 11.5. The monoisotopic (exact) mass is 609 g/mol. The number of aromatic nitrogens is 4. The Bertz CT molecular complexity index is 1680. The third-order valence-electron chi connectivity index (χ3n) is 10.1. The maximum Gasteiger partial charge on any atom is 0.248 e. The molecule has 0 amide bonds. The summed E-state index contributed by atoms with van der Waals surface area (Å²) in [6.07, 6.45) is 6.93. The Morgan fingerprint density at radius 2 is 1.60 bits per heavy atom. The second-order valence-corrected chi connectivity index (χ2v) is 12.7. The van der Waals surface area contributed by atoms with E-state index in [1.807, 2.05) is 30.3 Å². The molecule has 2 bridgehead atoms. The van der Waals surface area contributed by atoms with E-state index in [0.29, 0.717) is 35.1 Å². The van der Waals surface area contributed by atoms with Crippen LogP contribution in [0.5, 0.6) is 5.75 Å². The summed E-state index contributed by atoms with van der Waals surface area (Å²) < 4.78 is 22.4. The number of hydrogen-bond acceptors (Lipinski definition) is 9. The molecule has 5 aliphatic rings. The molecule has 3 fully saturated rings. The SMILES string of the molecule is COc1ccc(-c2cc(-n3nc(Nc4ccc(N5CCC(N6CCCC6)CC5)c(F)c4)nc3N)nc3c2N2CCC3CC2)cc1. The molecule has 2 aromatic heterocycles. The molecule has 0 saturated carbocycles. The summed E-state index contributed by atoms with van der Waals surface area (Å²) in [6.45, 7) is 6.23. The van der Waals surface area contributed by atoms with Gasteiger partial charge in [0.05, 0.1) is 24.2 Å². The number of nitrogen functional groups attached to an aromatic ring is 1. The van der Waals surface area contributed by atoms with Crippen molar-refractivity contribution in [3.05, 3.63) is 60.0 Å². The topological polar surface area (TPSA) is 101 Å². The van der Waals surface area contributed by atoms with Crippen LogP contribution in [0.3, 0.4) is 0 Å². The van der Waals surface area contributed by atoms with Gasteiger partial charge in [-0.25, -0.2) is 9.37 Å². The van der Waals surface area contributed by atoms with Crippen molar-refractivity contribution in [3.8, 4) is 22.7 Å². The van der Waals surface area contributed by atoms with Crippen molar-refractivity contribution >= 4 is 29.0 Å². The largest absolute Gasteiger partial charge is 0.497 e. The minimum Gasteiger partial charge on any atom is -0.497 e. The summed E-state index contributed by atoms with van der Waals surface area (Å²) in [4.78, 5) is 16.8. The molecule has 234 valence electrons. The van der Waals surface area contributed by atoms with Crippen LogP contribution in [-0.4, -0.2) is 77.1 Å². The standard InChI is InChI=1S/C34H40FN9O/c1-45-26-7-4-22(5-8-26)27-21-30(38-31-23-10-16-43(17-11-23)32(27)31)44-33(36)39-34(40-44)37-24-6-9-29(28(35)20-24)42-18-12-25(13-19-42)41-14-2-3-15-41/h4-9,20-21,23,25H,2-3,10-19H2,1H3,(H3,36,37,39,40). The van der Waals surface area contributed by atoms with Crippen LogP contribution in [-0.2, 0) is 0 Å². The number of nitrogens with one attached hydrogen (secondary N) is 1. The summed E-state index contributed by atoms with van der Waals surface area (Å²) in [5.41, 5.74) is 12.1. The Morgan fingerprint density at radius 1 is 0.867 bits per heavy atom. The number of pyridine rings is 1. The van der Waals surface area contributed by atoms with Crippen molar-refractivity contribution in [1.82, 2.24) is 24.6 Å². The number of methoxy groups -OCH3 is 1. The first-order valence-corrected chi connectivity index (χ1v) is 16.3. The Labute approximate surface area is 263 Å². The summed E-state index contributed by atoms with van der Waals surface area (Å²) in [7, 11) is 1.67. The zero-order valence-electron chi connectivity index (χ0n) is 25.8. The second-order valence-electron chi connectivity index (χ2n) is 12.7. The zero-order chi connectivity index (χ0) is 30.5. The summed E-state index contributed by atoms with van der Waals surface area (Å²) in [5, 5.41) is 7.83. The predicted molar refractivity (Wildman–Crippen MR) is 175 cm³/mol. The molecule has 3 N–H and O–H groups in total. The molecule has 10 nitrogen and oxygen atoms in total. The van der Waals surface area contributed by atoms with Gasteiger partial charge < -0.3 is 30.5 Å². The fourth-order valence-corrected chi connectivity index (χ4v) is 7.73. The molecule has 3 saturated heterocycles. The number of nitrogens with two attached hydrogens (primary N) is 1. The van der Waals surface area contributed by atoms with Crippen LogP contribution >= 0.6 is 0 Å². The van der Waals surface area contributed by atoms with E-state index < -0.39 is 0 Å². The minimum absolute atomic E-state index is 0.213. The third-order valence-corrected chi connectivity index (χ3v) is 10.1. The van der Waals surface area contributed by atoms with Gasteiger partial charge in [0.25, 0.3) is 0 Å². The number of likely N-dealkylation sites (tertiary alicyclic amines) is 1. The first kappa shape index (κ1) is 28.1. The van der Waals surface area contributed by atoms with Gasteiger partial charge in [-0.15, -0.1) is 5.10 Å². The molecule has 4 aromatic rings. The highest BCUT2D eigenvalue weighted by molar-refractivity contribution is 5.83. The van der Waals surface area contributed by atoms with E-state index in [-0.39, 0.29) is 11.8 Å². The average molecular weight is 610 g/mol. The van der Waals surface area contributed by atoms with Crippen molar-refractivity contribution in [2.24, 2.45) is 0 Å². The number of hydrogen-bond donors (Lipinski definition) is 2. The van der Waals surface area contributed by atoms with E-state index in [4.69, 9.17) is 15.5 Å². The molecule has 0 atom stereocenters. The third kappa shape index (κ3) is 5.22. The molecule has 2 aromatic carbocycles. The van der Waals surface area contributed by atoms with Crippen LogP contribution in [0.1, 0.15) is 50.1 Å². The van der Waals surface area contributed by atoms with Crippen LogP contribution in [0, 0.1) is 5.82 Å². The van der Waals surface area contributed by atoms with Gasteiger partial charge in [-0.05, 0) is 93.6 Å². The Kier molecular flexibility index (Phi) is 7.20. The van der Waals surface area contributed by atoms with E-state index >= 15 is 4.39 Å². The van der Waals surface area contributed by atoms with Gasteiger partial charge in [-0.3, -0.25) is 0 Å². The van der Waals surface area contributed by atoms with Gasteiger partial charge in [-0.2, -0.15) is 9.67 Å². The lowest BCUT2D eigenvalue weighted by Crippen LogP contribution is -2.44. The van der Waals surface area contributed by atoms with Crippen LogP contribution < -0.4 is 25.6 Å². The van der Waals surface area contributed by atoms with Gasteiger partial charge in [0.15, 0.2) is 5.82 Å². The van der Waals surface area contributed by atoms with Gasteiger partial charge in [0, 0.05) is 49.4 Å². The molecule has 45 heavy (non-hydrogen) atoms. The van der Waals surface area contributed by atoms with Crippen molar-refractivity contribution < 1.29 is 9.13 Å². The maximum absolute atomic E-state index is 15.4. The Morgan fingerprint density at radius 3 is 2.31 bits per heavy atom. The van der Waals surface area contributed by atoms with Crippen LogP contribution in [0.15, 0.2) is 48.5 Å². The van der Waals surface area contributed by atoms with E-state index in [1.165, 1.54) is 37.7 Å². The lowest BCUT2D eigenvalue weighted by atomic mass is 9.84. The minimum atomic E-state index is -0.252. The average Bonchev–Trinajstić information content (AvgIpc) is 3.75. The highest BCUT2D eigenvalue weighted by Crippen LogP contribution is 2.47. The molecule has 0 unspecified atom stereocenters. The number of rotatable bonds is 7. The van der Waals surface area contributed by atoms with Crippen LogP contribution in [0.4, 0.5) is 33.3 Å². The lowest BCUT2D eigenvalue weighted by molar-refractivity contribution is 0.207. The van der Waals surface area contributed by atoms with Gasteiger partial charge in [-0.1, -0.05) is 12.1 Å². The van der Waals surface area contributed by atoms with E-state index in [0.717, 1.165) is 74.4 Å². The molecule has 7 heterocycles. The Balaban J connectivity index is 1.04. The highest BCUT2D eigenvalue weighted by Gasteiger charge is 2.35. The number of halogens is 1. The predicted octanol–water partition coefficient (Wildman–Crippen LogP) is 5.56. The highest BCUT2D eigenvalue weighted by atomic mass is 19.1. The molecule has 9 rings (SSSR count). The fraction of sp³-hybridized carbons (Fsp3) is 0.441. The maximum atomic E-state index is 15.4. The Hall–Kier alpha value is -4.38. The van der Waals surface area contributed by atoms with E-state index in [2.05, 4.69) is 42.2 Å². The van der Waals surface area contributed by atoms with Gasteiger partial charge in [0.1, 0.15) is 11.6 Å². The summed E-state index contributed by atoms with van der Waals surface area (Å²) in [5.74, 6) is 2.08. The van der Waals surface area contributed by atoms with Crippen molar-refractivity contribution in [2.75, 3.05) is 67.2 Å². The first-order valence-electron chi connectivity index (χ1n) is 16.3. The number of piperidine rings is 2. The zero-order valence-corrected chi connectivity index (χ0v) is 25.8. The van der Waals surface area contributed by atoms with Gasteiger partial charge >= 0.3 is 0 Å². The summed E-state index contributed by atoms with van der Waals surface area (Å²) >= 11 is 0. The van der Waals surface area contributed by atoms with Crippen molar-refractivity contribution in [2.45, 2.75) is 50.5 Å². The van der Waals surface area contributed by atoms with Crippen LogP contribution in [0.2, 0.25) is 0 Å². The smallest absolute Gasteiger partial charge is 0.248 e. The number of nitrogens with zero attached hydrogens (tertiary/aromatic N) is 7. The normalized spacial score (nSPS) is 18.9.